The molecule has 1 heterocycles. The van der Waals surface area contributed by atoms with E-state index < -0.39 is 0 Å². The molecule has 1 aromatic heterocycles. The lowest BCUT2D eigenvalue weighted by Gasteiger charge is -2.18. The van der Waals surface area contributed by atoms with Crippen LogP contribution in [-0.4, -0.2) is 11.5 Å². The molecule has 0 saturated heterocycles. The third-order valence-electron chi connectivity index (χ3n) is 2.72. The molecular formula is C10H16N2S. The molecule has 2 nitrogen and oxygen atoms in total. The highest BCUT2D eigenvalue weighted by atomic mass is 32.1. The minimum absolute atomic E-state index is 0.706. The summed E-state index contributed by atoms with van der Waals surface area (Å²) in [5, 5.41) is 1.29. The number of aryl methyl sites for hydroxylation is 2. The van der Waals surface area contributed by atoms with Crippen molar-refractivity contribution in [2.75, 3.05) is 6.54 Å². The van der Waals surface area contributed by atoms with Crippen LogP contribution < -0.4 is 5.73 Å². The van der Waals surface area contributed by atoms with E-state index in [1.807, 2.05) is 11.3 Å². The Morgan fingerprint density at radius 3 is 3.15 bits per heavy atom. The molecule has 0 aromatic carbocycles. The van der Waals surface area contributed by atoms with Crippen molar-refractivity contribution in [1.82, 2.24) is 4.98 Å². The predicted molar refractivity (Wildman–Crippen MR) is 56.1 cm³/mol. The molecule has 2 N–H and O–H groups in total. The minimum Gasteiger partial charge on any atom is -0.330 e. The van der Waals surface area contributed by atoms with Crippen molar-refractivity contribution >= 4 is 11.3 Å². The summed E-state index contributed by atoms with van der Waals surface area (Å²) in [4.78, 5) is 6.11. The molecule has 1 unspecified atom stereocenters. The van der Waals surface area contributed by atoms with Crippen molar-refractivity contribution in [3.05, 3.63) is 15.6 Å². The Labute approximate surface area is 83.2 Å². The largest absolute Gasteiger partial charge is 0.330 e. The van der Waals surface area contributed by atoms with Gasteiger partial charge in [0.25, 0.3) is 0 Å². The Balaban J connectivity index is 2.19. The Bertz CT molecular complexity index is 293. The van der Waals surface area contributed by atoms with Gasteiger partial charge >= 0.3 is 0 Å². The first kappa shape index (κ1) is 9.16. The van der Waals surface area contributed by atoms with Crippen molar-refractivity contribution in [1.29, 1.82) is 0 Å². The summed E-state index contributed by atoms with van der Waals surface area (Å²) < 4.78 is 0. The van der Waals surface area contributed by atoms with E-state index in [4.69, 9.17) is 5.73 Å². The molecule has 2 rings (SSSR count). The fraction of sp³-hybridized carbons (Fsp3) is 0.700. The van der Waals surface area contributed by atoms with E-state index in [1.165, 1.54) is 28.4 Å². The highest BCUT2D eigenvalue weighted by molar-refractivity contribution is 7.11. The molecule has 0 aliphatic heterocycles. The van der Waals surface area contributed by atoms with Crippen molar-refractivity contribution < 1.29 is 0 Å². The van der Waals surface area contributed by atoms with Gasteiger partial charge in [-0.15, -0.1) is 11.3 Å². The summed E-state index contributed by atoms with van der Waals surface area (Å²) in [6, 6.07) is 0. The third-order valence-corrected chi connectivity index (χ3v) is 3.99. The van der Waals surface area contributed by atoms with Crippen LogP contribution in [0.1, 0.15) is 28.9 Å². The van der Waals surface area contributed by atoms with Crippen LogP contribution in [0.4, 0.5) is 0 Å². The number of hydrogen-bond donors (Lipinski definition) is 1. The van der Waals surface area contributed by atoms with Crippen LogP contribution in [-0.2, 0) is 19.3 Å². The van der Waals surface area contributed by atoms with E-state index in [2.05, 4.69) is 11.9 Å². The molecule has 3 heteroatoms. The highest BCUT2D eigenvalue weighted by Gasteiger charge is 2.20. The van der Waals surface area contributed by atoms with Crippen molar-refractivity contribution in [3.8, 4) is 0 Å². The molecule has 72 valence electrons. The zero-order chi connectivity index (χ0) is 9.26. The normalized spacial score (nSPS) is 21.5. The molecule has 0 radical (unpaired) electrons. The van der Waals surface area contributed by atoms with E-state index in [1.54, 1.807) is 0 Å². The molecule has 0 saturated carbocycles. The summed E-state index contributed by atoms with van der Waals surface area (Å²) >= 11 is 1.89. The lowest BCUT2D eigenvalue weighted by atomic mass is 9.91. The van der Waals surface area contributed by atoms with Gasteiger partial charge in [0.05, 0.1) is 10.7 Å². The minimum atomic E-state index is 0.706. The Morgan fingerprint density at radius 1 is 1.62 bits per heavy atom. The van der Waals surface area contributed by atoms with Crippen LogP contribution in [0.3, 0.4) is 0 Å². The molecular weight excluding hydrogens is 180 g/mol. The number of fused-ring (bicyclic) bond motifs is 1. The third kappa shape index (κ3) is 1.76. The lowest BCUT2D eigenvalue weighted by Crippen LogP contribution is -2.21. The van der Waals surface area contributed by atoms with Gasteiger partial charge in [-0.05, 0) is 38.1 Å². The van der Waals surface area contributed by atoms with Gasteiger partial charge in [-0.3, -0.25) is 0 Å². The summed E-state index contributed by atoms with van der Waals surface area (Å²) in [5.41, 5.74) is 7.04. The Kier molecular flexibility index (Phi) is 2.65. The summed E-state index contributed by atoms with van der Waals surface area (Å²) in [6.45, 7) is 3.00. The molecule has 0 bridgehead atoms. The van der Waals surface area contributed by atoms with Gasteiger partial charge in [-0.2, -0.15) is 0 Å². The molecule has 0 spiro atoms. The number of aromatic nitrogens is 1. The standard InChI is InChI=1S/C10H16N2S/c1-2-10-12-8-4-3-7(6-11)5-9(8)13-10/h7H,2-6,11H2,1H3. The van der Waals surface area contributed by atoms with Gasteiger partial charge in [0, 0.05) is 4.88 Å². The average molecular weight is 196 g/mol. The fourth-order valence-corrected chi connectivity index (χ4v) is 3.02. The predicted octanol–water partition coefficient (Wildman–Crippen LogP) is 1.77. The average Bonchev–Trinajstić information content (AvgIpc) is 2.58. The van der Waals surface area contributed by atoms with Crippen LogP contribution in [0.25, 0.3) is 0 Å². The van der Waals surface area contributed by atoms with Gasteiger partial charge in [0.2, 0.25) is 0 Å². The molecule has 1 atom stereocenters. The quantitative estimate of drug-likeness (QED) is 0.783. The molecule has 0 fully saturated rings. The van der Waals surface area contributed by atoms with Crippen LogP contribution in [0, 0.1) is 5.92 Å². The lowest BCUT2D eigenvalue weighted by molar-refractivity contribution is 0.469. The Hall–Kier alpha value is -0.410. The van der Waals surface area contributed by atoms with Crippen molar-refractivity contribution in [2.24, 2.45) is 11.7 Å². The number of nitrogens with zero attached hydrogens (tertiary/aromatic N) is 1. The second-order valence-corrected chi connectivity index (χ2v) is 4.84. The molecule has 1 aliphatic carbocycles. The smallest absolute Gasteiger partial charge is 0.0928 e. The van der Waals surface area contributed by atoms with Crippen molar-refractivity contribution in [2.45, 2.75) is 32.6 Å². The van der Waals surface area contributed by atoms with Crippen LogP contribution in [0.2, 0.25) is 0 Å². The topological polar surface area (TPSA) is 38.9 Å². The van der Waals surface area contributed by atoms with E-state index >= 15 is 0 Å². The van der Waals surface area contributed by atoms with Gasteiger partial charge in [-0.1, -0.05) is 6.92 Å². The van der Waals surface area contributed by atoms with E-state index in [0.717, 1.165) is 19.4 Å². The van der Waals surface area contributed by atoms with Crippen LogP contribution >= 0.6 is 11.3 Å². The van der Waals surface area contributed by atoms with Gasteiger partial charge < -0.3 is 5.73 Å². The SMILES string of the molecule is CCc1nc2c(s1)CC(CN)CC2. The summed E-state index contributed by atoms with van der Waals surface area (Å²) in [6.07, 6.45) is 4.62. The van der Waals surface area contributed by atoms with E-state index in [-0.39, 0.29) is 0 Å². The highest BCUT2D eigenvalue weighted by Crippen LogP contribution is 2.29. The summed E-state index contributed by atoms with van der Waals surface area (Å²) in [7, 11) is 0. The first-order valence-electron chi connectivity index (χ1n) is 5.01. The maximum Gasteiger partial charge on any atom is 0.0928 e. The zero-order valence-corrected chi connectivity index (χ0v) is 8.86. The van der Waals surface area contributed by atoms with Gasteiger partial charge in [0.1, 0.15) is 0 Å². The van der Waals surface area contributed by atoms with E-state index in [0.29, 0.717) is 5.92 Å². The maximum absolute atomic E-state index is 5.68. The fourth-order valence-electron chi connectivity index (χ4n) is 1.85. The number of thiazole rings is 1. The number of hydrogen-bond acceptors (Lipinski definition) is 3. The first-order chi connectivity index (χ1) is 6.33. The molecule has 1 aromatic rings. The second kappa shape index (κ2) is 3.76. The molecule has 13 heavy (non-hydrogen) atoms. The maximum atomic E-state index is 5.68. The van der Waals surface area contributed by atoms with Crippen molar-refractivity contribution in [3.63, 3.8) is 0 Å². The summed E-state index contributed by atoms with van der Waals surface area (Å²) in [5.74, 6) is 0.706. The first-order valence-corrected chi connectivity index (χ1v) is 5.82. The van der Waals surface area contributed by atoms with Crippen LogP contribution in [0.15, 0.2) is 0 Å². The molecule has 0 amide bonds. The van der Waals surface area contributed by atoms with E-state index in [9.17, 15) is 0 Å². The van der Waals surface area contributed by atoms with Gasteiger partial charge in [-0.25, -0.2) is 4.98 Å². The van der Waals surface area contributed by atoms with Crippen LogP contribution in [0.5, 0.6) is 0 Å². The Morgan fingerprint density at radius 2 is 2.46 bits per heavy atom. The zero-order valence-electron chi connectivity index (χ0n) is 8.05. The van der Waals surface area contributed by atoms with Gasteiger partial charge in [0.15, 0.2) is 0 Å². The number of rotatable bonds is 2. The molecule has 1 aliphatic rings. The number of nitrogens with two attached hydrogens (primary N) is 1. The monoisotopic (exact) mass is 196 g/mol. The second-order valence-electron chi connectivity index (χ2n) is 3.68.